The van der Waals surface area contributed by atoms with E-state index >= 15 is 0 Å². The molecule has 1 amide bonds. The van der Waals surface area contributed by atoms with Crippen molar-refractivity contribution < 1.29 is 22.7 Å². The fraction of sp³-hybridized carbons (Fsp3) is 0.529. The van der Waals surface area contributed by atoms with E-state index in [4.69, 9.17) is 16.3 Å². The van der Waals surface area contributed by atoms with Gasteiger partial charge >= 0.3 is 0 Å². The van der Waals surface area contributed by atoms with Gasteiger partial charge in [-0.15, -0.1) is 0 Å². The molecule has 0 aromatic heterocycles. The Morgan fingerprint density at radius 3 is 2.52 bits per heavy atom. The van der Waals surface area contributed by atoms with Crippen molar-refractivity contribution in [2.45, 2.75) is 38.3 Å². The minimum absolute atomic E-state index is 0.0227. The lowest BCUT2D eigenvalue weighted by molar-refractivity contribution is -0.135. The molecule has 1 aliphatic heterocycles. The van der Waals surface area contributed by atoms with Gasteiger partial charge in [-0.05, 0) is 44.4 Å². The van der Waals surface area contributed by atoms with Crippen LogP contribution in [-0.2, 0) is 14.6 Å². The molecule has 1 aromatic rings. The summed E-state index contributed by atoms with van der Waals surface area (Å²) in [6.45, 7) is 1.18. The highest BCUT2D eigenvalue weighted by molar-refractivity contribution is 7.91. The second kappa shape index (κ2) is 6.96. The third-order valence-corrected chi connectivity index (χ3v) is 6.49. The molecule has 0 N–H and O–H groups in total. The molecule has 6 nitrogen and oxygen atoms in total. The van der Waals surface area contributed by atoms with Crippen LogP contribution in [0.1, 0.15) is 36.5 Å². The van der Waals surface area contributed by atoms with Crippen LogP contribution in [0, 0.1) is 0 Å². The Morgan fingerprint density at radius 2 is 1.96 bits per heavy atom. The number of nitrogens with zero attached hydrogens (tertiary/aromatic N) is 1. The number of carbonyl (C=O) groups is 2. The van der Waals surface area contributed by atoms with Gasteiger partial charge in [-0.25, -0.2) is 8.42 Å². The Balaban J connectivity index is 1.70. The first-order valence-electron chi connectivity index (χ1n) is 8.22. The maximum atomic E-state index is 12.6. The van der Waals surface area contributed by atoms with Crippen LogP contribution in [0.25, 0.3) is 0 Å². The number of ketones is 1. The van der Waals surface area contributed by atoms with Crippen LogP contribution in [0.5, 0.6) is 5.75 Å². The highest BCUT2D eigenvalue weighted by atomic mass is 35.5. The normalized spacial score (nSPS) is 21.8. The maximum Gasteiger partial charge on any atom is 0.261 e. The van der Waals surface area contributed by atoms with Crippen molar-refractivity contribution in [1.29, 1.82) is 0 Å². The topological polar surface area (TPSA) is 80.8 Å². The predicted molar refractivity (Wildman–Crippen MR) is 93.9 cm³/mol. The van der Waals surface area contributed by atoms with Gasteiger partial charge in [-0.2, -0.15) is 0 Å². The van der Waals surface area contributed by atoms with E-state index in [1.807, 2.05) is 0 Å². The van der Waals surface area contributed by atoms with Crippen LogP contribution >= 0.6 is 11.6 Å². The van der Waals surface area contributed by atoms with E-state index in [2.05, 4.69) is 0 Å². The van der Waals surface area contributed by atoms with Gasteiger partial charge in [0.15, 0.2) is 22.2 Å². The summed E-state index contributed by atoms with van der Waals surface area (Å²) < 4.78 is 29.0. The summed E-state index contributed by atoms with van der Waals surface area (Å²) in [6, 6.07) is 4.49. The molecule has 25 heavy (non-hydrogen) atoms. The standard InChI is InChI=1S/C17H20ClNO5S/c1-11(20)15-8-12(18)2-5-16(15)24-9-17(21)19(13-3-4-13)14-6-7-25(22,23)10-14/h2,5,8,13-14H,3-4,6-7,9-10H2,1H3/t14-/m0/s1. The lowest BCUT2D eigenvalue weighted by Crippen LogP contribution is -2.45. The molecule has 1 heterocycles. The van der Waals surface area contributed by atoms with Gasteiger partial charge in [0.2, 0.25) is 0 Å². The van der Waals surface area contributed by atoms with Gasteiger partial charge in [0.25, 0.3) is 5.91 Å². The zero-order chi connectivity index (χ0) is 18.2. The fourth-order valence-corrected chi connectivity index (χ4v) is 5.05. The zero-order valence-corrected chi connectivity index (χ0v) is 15.5. The lowest BCUT2D eigenvalue weighted by Gasteiger charge is -2.28. The SMILES string of the molecule is CC(=O)c1cc(Cl)ccc1OCC(=O)N(C1CC1)[C@H]1CCS(=O)(=O)C1. The number of benzene rings is 1. The number of halogens is 1. The summed E-state index contributed by atoms with van der Waals surface area (Å²) in [7, 11) is -3.06. The fourth-order valence-electron chi connectivity index (χ4n) is 3.17. The highest BCUT2D eigenvalue weighted by Gasteiger charge is 2.42. The van der Waals surface area contributed by atoms with Crippen LogP contribution in [-0.4, -0.2) is 55.2 Å². The number of ether oxygens (including phenoxy) is 1. The maximum absolute atomic E-state index is 12.6. The number of amides is 1. The summed E-state index contributed by atoms with van der Waals surface area (Å²) >= 11 is 5.90. The summed E-state index contributed by atoms with van der Waals surface area (Å²) in [5.74, 6) is 0.00948. The van der Waals surface area contributed by atoms with E-state index in [0.717, 1.165) is 12.8 Å². The number of hydrogen-bond acceptors (Lipinski definition) is 5. The number of rotatable bonds is 6. The van der Waals surface area contributed by atoms with Crippen LogP contribution < -0.4 is 4.74 Å². The number of Topliss-reactive ketones (excluding diaryl/α,β-unsaturated/α-hetero) is 1. The minimum atomic E-state index is -3.06. The molecule has 136 valence electrons. The molecular weight excluding hydrogens is 366 g/mol. The van der Waals surface area contributed by atoms with Gasteiger partial charge in [-0.3, -0.25) is 9.59 Å². The molecular formula is C17H20ClNO5S. The molecule has 2 fully saturated rings. The molecule has 1 saturated heterocycles. The first kappa shape index (κ1) is 18.2. The lowest BCUT2D eigenvalue weighted by atomic mass is 10.1. The Bertz CT molecular complexity index is 803. The zero-order valence-electron chi connectivity index (χ0n) is 13.9. The van der Waals surface area contributed by atoms with E-state index in [0.29, 0.717) is 22.8 Å². The van der Waals surface area contributed by atoms with Crippen molar-refractivity contribution in [3.05, 3.63) is 28.8 Å². The van der Waals surface area contributed by atoms with E-state index in [1.165, 1.54) is 13.0 Å². The van der Waals surface area contributed by atoms with E-state index in [-0.39, 0.29) is 41.9 Å². The van der Waals surface area contributed by atoms with Crippen molar-refractivity contribution in [2.24, 2.45) is 0 Å². The summed E-state index contributed by atoms with van der Waals surface area (Å²) in [5.41, 5.74) is 0.321. The van der Waals surface area contributed by atoms with Crippen LogP contribution in [0.2, 0.25) is 5.02 Å². The summed E-state index contributed by atoms with van der Waals surface area (Å²) in [6.07, 6.45) is 2.26. The van der Waals surface area contributed by atoms with Gasteiger partial charge < -0.3 is 9.64 Å². The smallest absolute Gasteiger partial charge is 0.261 e. The van der Waals surface area contributed by atoms with Crippen LogP contribution in [0.3, 0.4) is 0 Å². The summed E-state index contributed by atoms with van der Waals surface area (Å²) in [4.78, 5) is 26.0. The van der Waals surface area contributed by atoms with Crippen LogP contribution in [0.15, 0.2) is 18.2 Å². The Morgan fingerprint density at radius 1 is 1.24 bits per heavy atom. The monoisotopic (exact) mass is 385 g/mol. The summed E-state index contributed by atoms with van der Waals surface area (Å²) in [5, 5.41) is 0.416. The Hall–Kier alpha value is -1.60. The van der Waals surface area contributed by atoms with Gasteiger partial charge in [0, 0.05) is 17.1 Å². The number of sulfone groups is 1. The molecule has 0 bridgehead atoms. The average Bonchev–Trinajstić information content (AvgIpc) is 3.29. The van der Waals surface area contributed by atoms with E-state index in [9.17, 15) is 18.0 Å². The molecule has 2 aliphatic rings. The predicted octanol–water partition coefficient (Wildman–Crippen LogP) is 2.10. The molecule has 1 aromatic carbocycles. The third kappa shape index (κ3) is 4.33. The second-order valence-electron chi connectivity index (χ2n) is 6.57. The van der Waals surface area contributed by atoms with Crippen LogP contribution in [0.4, 0.5) is 0 Å². The van der Waals surface area contributed by atoms with Crippen molar-refractivity contribution >= 4 is 33.1 Å². The van der Waals surface area contributed by atoms with E-state index in [1.54, 1.807) is 17.0 Å². The first-order chi connectivity index (χ1) is 11.8. The largest absolute Gasteiger partial charge is 0.483 e. The van der Waals surface area contributed by atoms with Crippen molar-refractivity contribution in [3.8, 4) is 5.75 Å². The van der Waals surface area contributed by atoms with Crippen molar-refractivity contribution in [1.82, 2.24) is 4.90 Å². The molecule has 0 unspecified atom stereocenters. The Labute approximate surface area is 152 Å². The molecule has 0 spiro atoms. The highest BCUT2D eigenvalue weighted by Crippen LogP contribution is 2.32. The number of hydrogen-bond donors (Lipinski definition) is 0. The molecule has 3 rings (SSSR count). The van der Waals surface area contributed by atoms with Gasteiger partial charge in [0.1, 0.15) is 5.75 Å². The first-order valence-corrected chi connectivity index (χ1v) is 10.4. The minimum Gasteiger partial charge on any atom is -0.483 e. The quantitative estimate of drug-likeness (QED) is 0.700. The molecule has 8 heteroatoms. The Kier molecular flexibility index (Phi) is 5.06. The van der Waals surface area contributed by atoms with Gasteiger partial charge in [0.05, 0.1) is 17.1 Å². The second-order valence-corrected chi connectivity index (χ2v) is 9.24. The molecule has 1 saturated carbocycles. The van der Waals surface area contributed by atoms with Crippen molar-refractivity contribution in [2.75, 3.05) is 18.1 Å². The molecule has 1 atom stereocenters. The third-order valence-electron chi connectivity index (χ3n) is 4.50. The molecule has 0 radical (unpaired) electrons. The van der Waals surface area contributed by atoms with Crippen molar-refractivity contribution in [3.63, 3.8) is 0 Å². The molecule has 1 aliphatic carbocycles. The van der Waals surface area contributed by atoms with Gasteiger partial charge in [-0.1, -0.05) is 11.6 Å². The average molecular weight is 386 g/mol. The van der Waals surface area contributed by atoms with E-state index < -0.39 is 9.84 Å². The number of carbonyl (C=O) groups excluding carboxylic acids is 2.